The molecule has 2 amide bonds. The van der Waals surface area contributed by atoms with Crippen LogP contribution >= 0.6 is 0 Å². The molecular weight excluding hydrogens is 436 g/mol. The normalized spacial score (nSPS) is 11.4. The van der Waals surface area contributed by atoms with E-state index in [4.69, 9.17) is 14.2 Å². The van der Waals surface area contributed by atoms with Crippen molar-refractivity contribution >= 4 is 27.7 Å². The molecule has 0 spiro atoms. The topological polar surface area (TPSA) is 114 Å². The summed E-state index contributed by atoms with van der Waals surface area (Å²) in [5, 5.41) is 2.68. The predicted molar refractivity (Wildman–Crippen MR) is 124 cm³/mol. The lowest BCUT2D eigenvalue weighted by Gasteiger charge is -2.26. The molecule has 9 nitrogen and oxygen atoms in total. The maximum Gasteiger partial charge on any atom is 0.368 e. The first kappa shape index (κ1) is 25.3. The first-order valence-electron chi connectivity index (χ1n) is 9.97. The summed E-state index contributed by atoms with van der Waals surface area (Å²) in [6.45, 7) is 7.85. The Morgan fingerprint density at radius 3 is 1.75 bits per heavy atom. The Hall–Kier alpha value is -2.98. The van der Waals surface area contributed by atoms with E-state index in [9.17, 15) is 17.8 Å². The molecular formula is C22H30N2O7S. The molecule has 2 aromatic rings. The molecule has 0 aromatic heterocycles. The molecule has 0 fully saturated rings. The molecule has 2 rings (SSSR count). The van der Waals surface area contributed by atoms with Crippen LogP contribution in [0.15, 0.2) is 30.3 Å². The first-order valence-corrected chi connectivity index (χ1v) is 11.4. The van der Waals surface area contributed by atoms with Gasteiger partial charge >= 0.3 is 16.3 Å². The van der Waals surface area contributed by atoms with E-state index in [1.54, 1.807) is 0 Å². The number of nitrogens with one attached hydrogen (secondary N) is 1. The van der Waals surface area contributed by atoms with Gasteiger partial charge in [0.05, 0.1) is 21.3 Å². The fraction of sp³-hybridized carbons (Fsp3) is 0.409. The zero-order valence-electron chi connectivity index (χ0n) is 19.3. The highest BCUT2D eigenvalue weighted by Gasteiger charge is 2.35. The zero-order chi connectivity index (χ0) is 24.2. The highest BCUT2D eigenvalue weighted by Crippen LogP contribution is 2.43. The molecule has 0 radical (unpaired) electrons. The average molecular weight is 467 g/mol. The molecule has 32 heavy (non-hydrogen) atoms. The molecule has 0 heterocycles. The number of carbonyl (C=O) groups excluding carboxylic acids is 1. The van der Waals surface area contributed by atoms with Gasteiger partial charge in [0.25, 0.3) is 0 Å². The number of benzene rings is 2. The van der Waals surface area contributed by atoms with E-state index < -0.39 is 16.3 Å². The van der Waals surface area contributed by atoms with E-state index in [0.29, 0.717) is 11.4 Å². The molecule has 2 N–H and O–H groups in total. The summed E-state index contributed by atoms with van der Waals surface area (Å²) in [6, 6.07) is 7.27. The van der Waals surface area contributed by atoms with Crippen molar-refractivity contribution in [3.63, 3.8) is 0 Å². The Kier molecular flexibility index (Phi) is 7.97. The highest BCUT2D eigenvalue weighted by atomic mass is 32.2. The van der Waals surface area contributed by atoms with E-state index in [-0.39, 0.29) is 33.3 Å². The van der Waals surface area contributed by atoms with E-state index in [1.807, 2.05) is 45.9 Å². The maximum atomic E-state index is 13.3. The first-order chi connectivity index (χ1) is 15.0. The minimum Gasteiger partial charge on any atom is -0.496 e. The number of hydrogen-bond donors (Lipinski definition) is 2. The van der Waals surface area contributed by atoms with Crippen LogP contribution in [-0.4, -0.2) is 40.3 Å². The molecule has 2 aromatic carbocycles. The molecule has 10 heteroatoms. The van der Waals surface area contributed by atoms with Crippen LogP contribution in [0.25, 0.3) is 0 Å². The number of ether oxygens (including phenoxy) is 3. The van der Waals surface area contributed by atoms with Gasteiger partial charge in [-0.15, -0.1) is 0 Å². The van der Waals surface area contributed by atoms with E-state index in [1.165, 1.54) is 33.5 Å². The zero-order valence-corrected chi connectivity index (χ0v) is 20.1. The van der Waals surface area contributed by atoms with Gasteiger partial charge in [0.1, 0.15) is 11.4 Å². The van der Waals surface area contributed by atoms with Crippen LogP contribution in [0.1, 0.15) is 50.7 Å². The summed E-state index contributed by atoms with van der Waals surface area (Å²) in [4.78, 5) is 13.3. The molecule has 0 saturated carbocycles. The number of carbonyl (C=O) groups is 1. The van der Waals surface area contributed by atoms with E-state index in [0.717, 1.165) is 11.1 Å². The smallest absolute Gasteiger partial charge is 0.368 e. The number of amides is 2. The molecule has 0 aliphatic carbocycles. The molecule has 0 unspecified atom stereocenters. The van der Waals surface area contributed by atoms with Gasteiger partial charge in [-0.05, 0) is 23.0 Å². The third-order valence-corrected chi connectivity index (χ3v) is 5.72. The van der Waals surface area contributed by atoms with E-state index >= 15 is 0 Å². The number of rotatable bonds is 8. The van der Waals surface area contributed by atoms with Crippen LogP contribution < -0.4 is 23.8 Å². The lowest BCUT2D eigenvalue weighted by atomic mass is 9.93. The van der Waals surface area contributed by atoms with Crippen molar-refractivity contribution in [3.8, 4) is 17.2 Å². The quantitative estimate of drug-likeness (QED) is 0.537. The predicted octanol–water partition coefficient (Wildman–Crippen LogP) is 4.80. The van der Waals surface area contributed by atoms with Gasteiger partial charge in [-0.1, -0.05) is 45.9 Å². The SMILES string of the molecule is COc1cc(OC)c(N(C(=O)Nc2c(C(C)C)cccc2C(C)C)S(=O)(=O)O)c(OC)c1. The van der Waals surface area contributed by atoms with Crippen LogP contribution in [0, 0.1) is 0 Å². The fourth-order valence-electron chi connectivity index (χ4n) is 3.36. The number of anilines is 2. The van der Waals surface area contributed by atoms with Gasteiger partial charge < -0.3 is 19.5 Å². The molecule has 176 valence electrons. The standard InChI is InChI=1S/C22H30N2O7S/c1-13(2)16-9-8-10-17(14(3)4)20(16)23-22(25)24(32(26,27)28)21-18(30-6)11-15(29-5)12-19(21)31-7/h8-14H,1-7H3,(H,23,25)(H,26,27,28). The number of hydrogen-bond acceptors (Lipinski definition) is 6. The van der Waals surface area contributed by atoms with Gasteiger partial charge in [0.2, 0.25) is 0 Å². The Morgan fingerprint density at radius 2 is 1.41 bits per heavy atom. The van der Waals surface area contributed by atoms with Crippen LogP contribution in [0.3, 0.4) is 0 Å². The van der Waals surface area contributed by atoms with Crippen molar-refractivity contribution in [2.75, 3.05) is 31.0 Å². The Balaban J connectivity index is 2.71. The third kappa shape index (κ3) is 5.25. The molecule has 0 aliphatic rings. The van der Waals surface area contributed by atoms with Gasteiger partial charge in [-0.3, -0.25) is 4.55 Å². The third-order valence-electron chi connectivity index (χ3n) is 4.91. The van der Waals surface area contributed by atoms with Crippen molar-refractivity contribution in [1.29, 1.82) is 0 Å². The second-order valence-electron chi connectivity index (χ2n) is 7.67. The largest absolute Gasteiger partial charge is 0.496 e. The van der Waals surface area contributed by atoms with Crippen LogP contribution in [0.4, 0.5) is 16.2 Å². The summed E-state index contributed by atoms with van der Waals surface area (Å²) in [6.07, 6.45) is 0. The lowest BCUT2D eigenvalue weighted by molar-refractivity contribution is 0.258. The van der Waals surface area contributed by atoms with Crippen molar-refractivity contribution in [3.05, 3.63) is 41.5 Å². The number of methoxy groups -OCH3 is 3. The Labute approximate surface area is 189 Å². The van der Waals surface area contributed by atoms with E-state index in [2.05, 4.69) is 5.32 Å². The number of para-hydroxylation sites is 1. The second-order valence-corrected chi connectivity index (χ2v) is 8.93. The van der Waals surface area contributed by atoms with Crippen LogP contribution in [0.2, 0.25) is 0 Å². The van der Waals surface area contributed by atoms with Crippen LogP contribution in [0.5, 0.6) is 17.2 Å². The number of urea groups is 1. The van der Waals surface area contributed by atoms with Crippen molar-refractivity contribution < 1.29 is 32.0 Å². The summed E-state index contributed by atoms with van der Waals surface area (Å²) >= 11 is 0. The monoisotopic (exact) mass is 466 g/mol. The van der Waals surface area contributed by atoms with Gasteiger partial charge in [0, 0.05) is 17.8 Å². The van der Waals surface area contributed by atoms with Gasteiger partial charge in [-0.25, -0.2) is 4.79 Å². The van der Waals surface area contributed by atoms with Crippen molar-refractivity contribution in [2.45, 2.75) is 39.5 Å². The molecule has 0 aliphatic heterocycles. The minimum atomic E-state index is -5.07. The summed E-state index contributed by atoms with van der Waals surface area (Å²) in [7, 11) is -1.06. The lowest BCUT2D eigenvalue weighted by Crippen LogP contribution is -2.40. The minimum absolute atomic E-state index is 0.0461. The van der Waals surface area contributed by atoms with Crippen molar-refractivity contribution in [2.24, 2.45) is 0 Å². The Bertz CT molecular complexity index is 1030. The fourth-order valence-corrected chi connectivity index (χ4v) is 4.03. The Morgan fingerprint density at radius 1 is 0.938 bits per heavy atom. The molecule has 0 saturated heterocycles. The second kappa shape index (κ2) is 10.1. The summed E-state index contributed by atoms with van der Waals surface area (Å²) in [5.41, 5.74) is 1.86. The number of nitrogens with zero attached hydrogens (tertiary/aromatic N) is 1. The van der Waals surface area contributed by atoms with Crippen LogP contribution in [-0.2, 0) is 10.3 Å². The summed E-state index contributed by atoms with van der Waals surface area (Å²) < 4.78 is 50.7. The summed E-state index contributed by atoms with van der Waals surface area (Å²) in [5.74, 6) is 0.317. The van der Waals surface area contributed by atoms with Crippen molar-refractivity contribution in [1.82, 2.24) is 0 Å². The van der Waals surface area contributed by atoms with Gasteiger partial charge in [-0.2, -0.15) is 12.7 Å². The molecule has 0 atom stereocenters. The molecule has 0 bridgehead atoms. The highest BCUT2D eigenvalue weighted by molar-refractivity contribution is 7.88. The van der Waals surface area contributed by atoms with Gasteiger partial charge in [0.15, 0.2) is 11.5 Å². The average Bonchev–Trinajstić information content (AvgIpc) is 2.72. The maximum absolute atomic E-state index is 13.3.